The molecule has 0 radical (unpaired) electrons. The van der Waals surface area contributed by atoms with Crippen LogP contribution in [0, 0.1) is 5.92 Å². The summed E-state index contributed by atoms with van der Waals surface area (Å²) in [6.07, 6.45) is 4.11. The zero-order valence-electron chi connectivity index (χ0n) is 17.1. The Balaban J connectivity index is 1.77. The minimum absolute atomic E-state index is 0.00794. The van der Waals surface area contributed by atoms with Crippen molar-refractivity contribution in [1.29, 1.82) is 0 Å². The highest BCUT2D eigenvalue weighted by Gasteiger charge is 2.30. The Morgan fingerprint density at radius 3 is 2.43 bits per heavy atom. The van der Waals surface area contributed by atoms with Crippen molar-refractivity contribution >= 4 is 38.1 Å². The third kappa shape index (κ3) is 4.96. The van der Waals surface area contributed by atoms with Crippen molar-refractivity contribution in [3.8, 4) is 11.3 Å². The minimum Gasteiger partial charge on any atom is -0.343 e. The van der Waals surface area contributed by atoms with Gasteiger partial charge in [0.15, 0.2) is 15.0 Å². The van der Waals surface area contributed by atoms with Gasteiger partial charge in [-0.15, -0.1) is 17.9 Å². The number of likely N-dealkylation sites (tertiary alicyclic amines) is 1. The standard InChI is InChI=1S/C21H25N3O4S2/c1-4-11-24(20(26)17-9-12-23(13-10-17)15(2)25)21-22-19(14-29-21)16-5-7-18(8-6-16)30(3,27)28/h4-8,14,17H,1,9-13H2,2-3H3. The van der Waals surface area contributed by atoms with Gasteiger partial charge in [0, 0.05) is 49.7 Å². The van der Waals surface area contributed by atoms with Gasteiger partial charge in [-0.2, -0.15) is 0 Å². The van der Waals surface area contributed by atoms with Crippen LogP contribution in [-0.2, 0) is 19.4 Å². The van der Waals surface area contributed by atoms with E-state index in [9.17, 15) is 18.0 Å². The Morgan fingerprint density at radius 2 is 1.90 bits per heavy atom. The maximum absolute atomic E-state index is 13.1. The van der Waals surface area contributed by atoms with E-state index in [0.29, 0.717) is 43.3 Å². The van der Waals surface area contributed by atoms with Gasteiger partial charge in [0.05, 0.1) is 10.6 Å². The first-order chi connectivity index (χ1) is 14.2. The molecule has 1 aliphatic heterocycles. The van der Waals surface area contributed by atoms with Gasteiger partial charge in [-0.1, -0.05) is 18.2 Å². The molecular formula is C21H25N3O4S2. The fourth-order valence-corrected chi connectivity index (χ4v) is 4.93. The highest BCUT2D eigenvalue weighted by Crippen LogP contribution is 2.30. The van der Waals surface area contributed by atoms with E-state index in [1.165, 1.54) is 17.6 Å². The van der Waals surface area contributed by atoms with Crippen molar-refractivity contribution in [1.82, 2.24) is 9.88 Å². The smallest absolute Gasteiger partial charge is 0.232 e. The highest BCUT2D eigenvalue weighted by atomic mass is 32.2. The van der Waals surface area contributed by atoms with Gasteiger partial charge in [-0.3, -0.25) is 14.5 Å². The van der Waals surface area contributed by atoms with E-state index in [0.717, 1.165) is 5.56 Å². The minimum atomic E-state index is -3.26. The van der Waals surface area contributed by atoms with E-state index in [2.05, 4.69) is 11.6 Å². The normalized spacial score (nSPS) is 15.1. The molecule has 0 aliphatic carbocycles. The lowest BCUT2D eigenvalue weighted by Crippen LogP contribution is -2.44. The number of sulfone groups is 1. The molecule has 7 nitrogen and oxygen atoms in total. The number of thiazole rings is 1. The number of anilines is 1. The summed E-state index contributed by atoms with van der Waals surface area (Å²) in [5.74, 6) is -0.122. The number of aromatic nitrogens is 1. The third-order valence-corrected chi connectivity index (χ3v) is 7.16. The van der Waals surface area contributed by atoms with Crippen LogP contribution in [0.25, 0.3) is 11.3 Å². The van der Waals surface area contributed by atoms with Crippen LogP contribution in [-0.4, -0.2) is 56.0 Å². The summed E-state index contributed by atoms with van der Waals surface area (Å²) in [5.41, 5.74) is 1.47. The third-order valence-electron chi connectivity index (χ3n) is 5.17. The quantitative estimate of drug-likeness (QED) is 0.635. The van der Waals surface area contributed by atoms with Crippen molar-refractivity contribution in [3.63, 3.8) is 0 Å². The van der Waals surface area contributed by atoms with Crippen LogP contribution in [0.4, 0.5) is 5.13 Å². The van der Waals surface area contributed by atoms with Crippen LogP contribution in [0.2, 0.25) is 0 Å². The summed E-state index contributed by atoms with van der Waals surface area (Å²) >= 11 is 1.36. The first-order valence-electron chi connectivity index (χ1n) is 9.64. The SMILES string of the molecule is C=CCN(C(=O)C1CCN(C(C)=O)CC1)c1nc(-c2ccc(S(C)(=O)=O)cc2)cs1. The topological polar surface area (TPSA) is 87.7 Å². The molecule has 0 unspecified atom stereocenters. The summed E-state index contributed by atoms with van der Waals surface area (Å²) in [5, 5.41) is 2.43. The molecule has 160 valence electrons. The molecule has 2 heterocycles. The number of nitrogens with zero attached hydrogens (tertiary/aromatic N) is 3. The van der Waals surface area contributed by atoms with Crippen LogP contribution in [0.5, 0.6) is 0 Å². The van der Waals surface area contributed by atoms with Crippen molar-refractivity contribution < 1.29 is 18.0 Å². The Labute approximate surface area is 181 Å². The lowest BCUT2D eigenvalue weighted by Gasteiger charge is -2.32. The molecular weight excluding hydrogens is 422 g/mol. The van der Waals surface area contributed by atoms with Crippen molar-refractivity contribution in [3.05, 3.63) is 42.3 Å². The number of benzene rings is 1. The van der Waals surface area contributed by atoms with Crippen LogP contribution < -0.4 is 4.90 Å². The molecule has 0 spiro atoms. The van der Waals surface area contributed by atoms with Gasteiger partial charge in [-0.25, -0.2) is 13.4 Å². The fraction of sp³-hybridized carbons (Fsp3) is 0.381. The summed E-state index contributed by atoms with van der Waals surface area (Å²) in [4.78, 5) is 32.9. The number of hydrogen-bond acceptors (Lipinski definition) is 6. The molecule has 0 atom stereocenters. The van der Waals surface area contributed by atoms with Crippen LogP contribution >= 0.6 is 11.3 Å². The largest absolute Gasteiger partial charge is 0.343 e. The molecule has 9 heteroatoms. The Hall–Kier alpha value is -2.52. The van der Waals surface area contributed by atoms with Crippen molar-refractivity contribution in [2.45, 2.75) is 24.7 Å². The number of carbonyl (C=O) groups excluding carboxylic acids is 2. The molecule has 1 saturated heterocycles. The fourth-order valence-electron chi connectivity index (χ4n) is 3.45. The maximum Gasteiger partial charge on any atom is 0.232 e. The molecule has 1 aromatic carbocycles. The Morgan fingerprint density at radius 1 is 1.27 bits per heavy atom. The molecule has 0 N–H and O–H groups in total. The molecule has 0 bridgehead atoms. The van der Waals surface area contributed by atoms with Gasteiger partial charge in [0.25, 0.3) is 0 Å². The number of piperidine rings is 1. The molecule has 0 saturated carbocycles. The van der Waals surface area contributed by atoms with Crippen molar-refractivity contribution in [2.75, 3.05) is 30.8 Å². The number of rotatable bonds is 6. The molecule has 1 aliphatic rings. The average molecular weight is 448 g/mol. The first-order valence-corrected chi connectivity index (χ1v) is 12.4. The van der Waals surface area contributed by atoms with E-state index < -0.39 is 9.84 Å². The number of hydrogen-bond donors (Lipinski definition) is 0. The van der Waals surface area contributed by atoms with Crippen LogP contribution in [0.15, 0.2) is 47.2 Å². The van der Waals surface area contributed by atoms with Gasteiger partial charge in [0.1, 0.15) is 0 Å². The monoisotopic (exact) mass is 447 g/mol. The lowest BCUT2D eigenvalue weighted by molar-refractivity contribution is -0.133. The predicted octanol–water partition coefficient (Wildman–Crippen LogP) is 2.99. The summed E-state index contributed by atoms with van der Waals surface area (Å²) < 4.78 is 23.3. The molecule has 1 fully saturated rings. The zero-order valence-corrected chi connectivity index (χ0v) is 18.7. The molecule has 2 aromatic rings. The number of amides is 2. The van der Waals surface area contributed by atoms with E-state index >= 15 is 0 Å². The van der Waals surface area contributed by atoms with E-state index in [4.69, 9.17) is 0 Å². The number of carbonyl (C=O) groups is 2. The highest BCUT2D eigenvalue weighted by molar-refractivity contribution is 7.90. The lowest BCUT2D eigenvalue weighted by atomic mass is 9.95. The van der Waals surface area contributed by atoms with Gasteiger partial charge < -0.3 is 4.90 Å². The van der Waals surface area contributed by atoms with Gasteiger partial charge in [-0.05, 0) is 25.0 Å². The Bertz CT molecular complexity index is 1040. The van der Waals surface area contributed by atoms with Gasteiger partial charge >= 0.3 is 0 Å². The van der Waals surface area contributed by atoms with Gasteiger partial charge in [0.2, 0.25) is 11.8 Å². The van der Waals surface area contributed by atoms with E-state index in [1.807, 2.05) is 5.38 Å². The second kappa shape index (κ2) is 9.09. The van der Waals surface area contributed by atoms with Crippen molar-refractivity contribution in [2.24, 2.45) is 5.92 Å². The molecule has 30 heavy (non-hydrogen) atoms. The molecule has 1 aromatic heterocycles. The first kappa shape index (κ1) is 22.2. The van der Waals surface area contributed by atoms with Crippen LogP contribution in [0.3, 0.4) is 0 Å². The molecule has 3 rings (SSSR count). The summed E-state index contributed by atoms with van der Waals surface area (Å²) in [7, 11) is -3.26. The second-order valence-electron chi connectivity index (χ2n) is 7.33. The predicted molar refractivity (Wildman–Crippen MR) is 118 cm³/mol. The van der Waals surface area contributed by atoms with Crippen LogP contribution in [0.1, 0.15) is 19.8 Å². The zero-order chi connectivity index (χ0) is 21.9. The maximum atomic E-state index is 13.1. The second-order valence-corrected chi connectivity index (χ2v) is 10.2. The Kier molecular flexibility index (Phi) is 6.72. The summed E-state index contributed by atoms with van der Waals surface area (Å²) in [6, 6.07) is 6.54. The van der Waals surface area contributed by atoms with E-state index in [-0.39, 0.29) is 22.6 Å². The molecule has 2 amide bonds. The average Bonchev–Trinajstić information content (AvgIpc) is 3.21. The summed E-state index contributed by atoms with van der Waals surface area (Å²) in [6.45, 7) is 6.83. The van der Waals surface area contributed by atoms with E-state index in [1.54, 1.807) is 47.1 Å².